The van der Waals surface area contributed by atoms with Gasteiger partial charge in [-0.2, -0.15) is 13.2 Å². The zero-order valence-electron chi connectivity index (χ0n) is 11.2. The van der Waals surface area contributed by atoms with Gasteiger partial charge < -0.3 is 9.73 Å². The van der Waals surface area contributed by atoms with Crippen LogP contribution in [0.4, 0.5) is 13.2 Å². The second-order valence-electron chi connectivity index (χ2n) is 4.79. The summed E-state index contributed by atoms with van der Waals surface area (Å²) >= 11 is 0. The van der Waals surface area contributed by atoms with Crippen LogP contribution >= 0.6 is 0 Å². The molecule has 108 valence electrons. The summed E-state index contributed by atoms with van der Waals surface area (Å²) in [5, 5.41) is 3.25. The van der Waals surface area contributed by atoms with Crippen molar-refractivity contribution in [1.82, 2.24) is 5.32 Å². The van der Waals surface area contributed by atoms with Crippen LogP contribution in [-0.4, -0.2) is 0 Å². The van der Waals surface area contributed by atoms with Crippen molar-refractivity contribution >= 4 is 0 Å². The summed E-state index contributed by atoms with van der Waals surface area (Å²) in [4.78, 5) is 0. The van der Waals surface area contributed by atoms with Gasteiger partial charge in [0.05, 0.1) is 18.1 Å². The Balaban J connectivity index is 2.11. The Labute approximate surface area is 115 Å². The van der Waals surface area contributed by atoms with Gasteiger partial charge in [-0.15, -0.1) is 0 Å². The molecular weight excluding hydrogens is 267 g/mol. The quantitative estimate of drug-likeness (QED) is 0.879. The van der Waals surface area contributed by atoms with Crippen molar-refractivity contribution in [3.05, 3.63) is 59.5 Å². The molecule has 0 aliphatic rings. The molecule has 0 radical (unpaired) electrons. The Bertz CT molecular complexity index is 548. The highest BCUT2D eigenvalue weighted by Crippen LogP contribution is 2.31. The predicted molar refractivity (Wildman–Crippen MR) is 70.1 cm³/mol. The van der Waals surface area contributed by atoms with Gasteiger partial charge in [0.25, 0.3) is 0 Å². The van der Waals surface area contributed by atoms with Crippen LogP contribution in [0.5, 0.6) is 0 Å². The number of alkyl halides is 3. The van der Waals surface area contributed by atoms with Crippen LogP contribution in [0.1, 0.15) is 42.6 Å². The molecule has 2 atom stereocenters. The average Bonchev–Trinajstić information content (AvgIpc) is 2.91. The van der Waals surface area contributed by atoms with Crippen LogP contribution in [0.25, 0.3) is 0 Å². The predicted octanol–water partition coefficient (Wildman–Crippen LogP) is 4.71. The Morgan fingerprint density at radius 2 is 1.75 bits per heavy atom. The topological polar surface area (TPSA) is 25.2 Å². The Morgan fingerprint density at radius 1 is 1.05 bits per heavy atom. The van der Waals surface area contributed by atoms with Crippen LogP contribution < -0.4 is 5.32 Å². The SMILES string of the molecule is CC(NC(C)c1cccc(C(F)(F)F)c1)c1ccoc1. The van der Waals surface area contributed by atoms with Gasteiger partial charge in [-0.3, -0.25) is 0 Å². The third-order valence-electron chi connectivity index (χ3n) is 3.26. The van der Waals surface area contributed by atoms with E-state index in [-0.39, 0.29) is 12.1 Å². The summed E-state index contributed by atoms with van der Waals surface area (Å²) in [5.41, 5.74) is 0.943. The van der Waals surface area contributed by atoms with E-state index >= 15 is 0 Å². The zero-order chi connectivity index (χ0) is 14.8. The lowest BCUT2D eigenvalue weighted by molar-refractivity contribution is -0.137. The molecule has 0 saturated heterocycles. The molecule has 0 aliphatic carbocycles. The fourth-order valence-electron chi connectivity index (χ4n) is 2.07. The highest BCUT2D eigenvalue weighted by atomic mass is 19.4. The highest BCUT2D eigenvalue weighted by molar-refractivity contribution is 5.28. The van der Waals surface area contributed by atoms with Gasteiger partial charge in [-0.1, -0.05) is 12.1 Å². The Hall–Kier alpha value is -1.75. The molecule has 0 aliphatic heterocycles. The number of nitrogens with one attached hydrogen (secondary N) is 1. The molecule has 0 fully saturated rings. The van der Waals surface area contributed by atoms with Crippen LogP contribution in [0.3, 0.4) is 0 Å². The average molecular weight is 283 g/mol. The minimum absolute atomic E-state index is 0.00158. The molecule has 0 amide bonds. The largest absolute Gasteiger partial charge is 0.472 e. The minimum atomic E-state index is -4.31. The first kappa shape index (κ1) is 14.7. The van der Waals surface area contributed by atoms with Crippen molar-refractivity contribution in [2.45, 2.75) is 32.1 Å². The lowest BCUT2D eigenvalue weighted by Crippen LogP contribution is -2.22. The summed E-state index contributed by atoms with van der Waals surface area (Å²) in [6.07, 6.45) is -1.12. The van der Waals surface area contributed by atoms with Gasteiger partial charge in [0.15, 0.2) is 0 Å². The van der Waals surface area contributed by atoms with E-state index < -0.39 is 11.7 Å². The lowest BCUT2D eigenvalue weighted by Gasteiger charge is -2.20. The molecule has 20 heavy (non-hydrogen) atoms. The van der Waals surface area contributed by atoms with Gasteiger partial charge in [0.1, 0.15) is 0 Å². The summed E-state index contributed by atoms with van der Waals surface area (Å²) in [5.74, 6) is 0. The van der Waals surface area contributed by atoms with E-state index in [1.807, 2.05) is 19.9 Å². The molecule has 0 saturated carbocycles. The minimum Gasteiger partial charge on any atom is -0.472 e. The standard InChI is InChI=1S/C15H16F3NO/c1-10(19-11(2)13-6-7-20-9-13)12-4-3-5-14(8-12)15(16,17)18/h3-11,19H,1-2H3. The summed E-state index contributed by atoms with van der Waals surface area (Å²) < 4.78 is 43.1. The van der Waals surface area contributed by atoms with E-state index in [0.29, 0.717) is 5.56 Å². The maximum atomic E-state index is 12.7. The third-order valence-corrected chi connectivity index (χ3v) is 3.26. The van der Waals surface area contributed by atoms with Gasteiger partial charge >= 0.3 is 6.18 Å². The van der Waals surface area contributed by atoms with Crippen LogP contribution in [0, 0.1) is 0 Å². The molecule has 1 aromatic heterocycles. The normalized spacial score (nSPS) is 15.1. The fraction of sp³-hybridized carbons (Fsp3) is 0.333. The van der Waals surface area contributed by atoms with Gasteiger partial charge in [-0.05, 0) is 37.6 Å². The number of halogens is 3. The molecule has 1 aromatic carbocycles. The van der Waals surface area contributed by atoms with E-state index in [2.05, 4.69) is 5.32 Å². The van der Waals surface area contributed by atoms with Gasteiger partial charge in [-0.25, -0.2) is 0 Å². The molecular formula is C15H16F3NO. The fourth-order valence-corrected chi connectivity index (χ4v) is 2.07. The first-order valence-corrected chi connectivity index (χ1v) is 6.33. The molecule has 1 N–H and O–H groups in total. The van der Waals surface area contributed by atoms with Crippen molar-refractivity contribution < 1.29 is 17.6 Å². The number of hydrogen-bond acceptors (Lipinski definition) is 2. The molecule has 2 rings (SSSR count). The van der Waals surface area contributed by atoms with Crippen molar-refractivity contribution in [3.8, 4) is 0 Å². The van der Waals surface area contributed by atoms with Crippen LogP contribution in [-0.2, 0) is 6.18 Å². The highest BCUT2D eigenvalue weighted by Gasteiger charge is 2.30. The number of benzene rings is 1. The summed E-state index contributed by atoms with van der Waals surface area (Å²) in [6, 6.07) is 7.01. The lowest BCUT2D eigenvalue weighted by atomic mass is 10.0. The molecule has 2 nitrogen and oxygen atoms in total. The molecule has 2 unspecified atom stereocenters. The van der Waals surface area contributed by atoms with E-state index in [1.54, 1.807) is 18.6 Å². The molecule has 2 aromatic rings. The van der Waals surface area contributed by atoms with Crippen LogP contribution in [0.2, 0.25) is 0 Å². The van der Waals surface area contributed by atoms with Crippen molar-refractivity contribution in [2.24, 2.45) is 0 Å². The Morgan fingerprint density at radius 3 is 2.35 bits per heavy atom. The number of furan rings is 1. The summed E-state index contributed by atoms with van der Waals surface area (Å²) in [7, 11) is 0. The van der Waals surface area contributed by atoms with Gasteiger partial charge in [0, 0.05) is 17.6 Å². The van der Waals surface area contributed by atoms with Crippen molar-refractivity contribution in [3.63, 3.8) is 0 Å². The van der Waals surface area contributed by atoms with Crippen molar-refractivity contribution in [2.75, 3.05) is 0 Å². The van der Waals surface area contributed by atoms with E-state index in [1.165, 1.54) is 12.1 Å². The maximum Gasteiger partial charge on any atom is 0.416 e. The molecule has 0 spiro atoms. The van der Waals surface area contributed by atoms with Crippen LogP contribution in [0.15, 0.2) is 47.3 Å². The van der Waals surface area contributed by atoms with E-state index in [0.717, 1.165) is 11.6 Å². The second kappa shape index (κ2) is 5.71. The molecule has 5 heteroatoms. The number of hydrogen-bond donors (Lipinski definition) is 1. The Kier molecular flexibility index (Phi) is 4.18. The first-order chi connectivity index (χ1) is 9.38. The second-order valence-corrected chi connectivity index (χ2v) is 4.79. The molecule has 0 bridgehead atoms. The smallest absolute Gasteiger partial charge is 0.416 e. The van der Waals surface area contributed by atoms with Gasteiger partial charge in [0.2, 0.25) is 0 Å². The van der Waals surface area contributed by atoms with E-state index in [4.69, 9.17) is 4.42 Å². The first-order valence-electron chi connectivity index (χ1n) is 6.33. The summed E-state index contributed by atoms with van der Waals surface area (Å²) in [6.45, 7) is 3.78. The molecule has 1 heterocycles. The third kappa shape index (κ3) is 3.42. The van der Waals surface area contributed by atoms with E-state index in [9.17, 15) is 13.2 Å². The monoisotopic (exact) mass is 283 g/mol. The zero-order valence-corrected chi connectivity index (χ0v) is 11.2. The maximum absolute atomic E-state index is 12.7. The van der Waals surface area contributed by atoms with Crippen molar-refractivity contribution in [1.29, 1.82) is 0 Å². The number of rotatable bonds is 4.